The summed E-state index contributed by atoms with van der Waals surface area (Å²) in [6.45, 7) is -0.462. The van der Waals surface area contributed by atoms with Crippen LogP contribution in [0.4, 0.5) is 11.4 Å². The first-order valence-electron chi connectivity index (χ1n) is 13.9. The van der Waals surface area contributed by atoms with E-state index < -0.39 is 36.1 Å². The molecule has 0 bridgehead atoms. The van der Waals surface area contributed by atoms with Crippen molar-refractivity contribution in [2.24, 2.45) is 0 Å². The fourth-order valence-corrected chi connectivity index (χ4v) is 5.32. The maximum Gasteiger partial charge on any atom is 0.299 e. The second-order valence-corrected chi connectivity index (χ2v) is 10.2. The van der Waals surface area contributed by atoms with Crippen LogP contribution in [0.3, 0.4) is 0 Å². The van der Waals surface area contributed by atoms with Gasteiger partial charge in [0.2, 0.25) is 12.7 Å². The van der Waals surface area contributed by atoms with Crippen molar-refractivity contribution in [3.05, 3.63) is 102 Å². The molecule has 45 heavy (non-hydrogen) atoms. The molecule has 12 heteroatoms. The van der Waals surface area contributed by atoms with Gasteiger partial charge < -0.3 is 29.2 Å². The molecule has 0 saturated carbocycles. The van der Waals surface area contributed by atoms with E-state index in [0.29, 0.717) is 45.5 Å². The Kier molecular flexibility index (Phi) is 8.02. The predicted molar refractivity (Wildman–Crippen MR) is 161 cm³/mol. The summed E-state index contributed by atoms with van der Waals surface area (Å²) in [5.41, 5.74) is 2.00. The van der Waals surface area contributed by atoms with Gasteiger partial charge in [0.1, 0.15) is 12.6 Å². The normalized spacial score (nSPS) is 13.7. The number of anilines is 2. The van der Waals surface area contributed by atoms with Crippen LogP contribution in [0, 0.1) is 0 Å². The Bertz CT molecular complexity index is 1790. The van der Waals surface area contributed by atoms with Crippen LogP contribution >= 0.6 is 0 Å². The fraction of sp³-hybridized carbons (Fsp3) is 0.182. The number of pyridine rings is 1. The number of para-hydroxylation sites is 1. The Morgan fingerprint density at radius 3 is 2.53 bits per heavy atom. The van der Waals surface area contributed by atoms with Gasteiger partial charge in [-0.1, -0.05) is 24.3 Å². The molecule has 4 aromatic rings. The number of ketones is 1. The summed E-state index contributed by atoms with van der Waals surface area (Å²) in [5, 5.41) is 2.89. The third-order valence-corrected chi connectivity index (χ3v) is 7.49. The van der Waals surface area contributed by atoms with Crippen LogP contribution in [0.5, 0.6) is 23.0 Å². The van der Waals surface area contributed by atoms with Crippen molar-refractivity contribution in [1.82, 2.24) is 9.88 Å². The van der Waals surface area contributed by atoms with Crippen LogP contribution in [0.25, 0.3) is 0 Å². The molecule has 0 unspecified atom stereocenters. The third-order valence-electron chi connectivity index (χ3n) is 7.49. The number of carbonyl (C=O) groups is 4. The van der Waals surface area contributed by atoms with Crippen molar-refractivity contribution >= 4 is 34.9 Å². The highest BCUT2D eigenvalue weighted by atomic mass is 16.7. The molecule has 3 heterocycles. The maximum absolute atomic E-state index is 14.3. The number of fused-ring (bicyclic) bond motifs is 2. The van der Waals surface area contributed by atoms with Crippen molar-refractivity contribution < 1.29 is 38.1 Å². The van der Waals surface area contributed by atoms with Crippen molar-refractivity contribution in [1.29, 1.82) is 0 Å². The molecule has 0 spiro atoms. The first-order chi connectivity index (χ1) is 21.9. The van der Waals surface area contributed by atoms with Crippen molar-refractivity contribution in [3.63, 3.8) is 0 Å². The van der Waals surface area contributed by atoms with Crippen molar-refractivity contribution in [2.75, 3.05) is 37.8 Å². The zero-order chi connectivity index (χ0) is 31.5. The van der Waals surface area contributed by atoms with Gasteiger partial charge in [-0.3, -0.25) is 29.1 Å². The zero-order valence-electron chi connectivity index (χ0n) is 24.4. The van der Waals surface area contributed by atoms with Gasteiger partial charge in [0.15, 0.2) is 23.0 Å². The lowest BCUT2D eigenvalue weighted by molar-refractivity contribution is -0.139. The molecule has 228 valence electrons. The van der Waals surface area contributed by atoms with E-state index in [0.717, 1.165) is 4.90 Å². The van der Waals surface area contributed by atoms with E-state index in [2.05, 4.69) is 10.3 Å². The molecule has 6 rings (SSSR count). The molecule has 0 fully saturated rings. The maximum atomic E-state index is 14.3. The summed E-state index contributed by atoms with van der Waals surface area (Å²) in [4.78, 5) is 60.9. The number of Topliss-reactive ketones (excluding diaryl/α,β-unsaturated/α-hetero) is 1. The highest BCUT2D eigenvalue weighted by Crippen LogP contribution is 2.37. The summed E-state index contributed by atoms with van der Waals surface area (Å²) in [7, 11) is 2.96. The molecule has 2 aliphatic rings. The molecule has 0 aliphatic carbocycles. The van der Waals surface area contributed by atoms with Crippen molar-refractivity contribution in [3.8, 4) is 23.0 Å². The molecule has 3 amide bonds. The number of nitrogens with zero attached hydrogens (tertiary/aromatic N) is 3. The van der Waals surface area contributed by atoms with Gasteiger partial charge in [0.25, 0.3) is 17.6 Å². The second-order valence-electron chi connectivity index (χ2n) is 10.2. The van der Waals surface area contributed by atoms with E-state index in [4.69, 9.17) is 18.9 Å². The van der Waals surface area contributed by atoms with Gasteiger partial charge in [0.05, 0.1) is 25.5 Å². The monoisotopic (exact) mass is 608 g/mol. The number of aromatic nitrogens is 1. The van der Waals surface area contributed by atoms with Crippen molar-refractivity contribution in [2.45, 2.75) is 12.6 Å². The van der Waals surface area contributed by atoms with Crippen LogP contribution in [-0.4, -0.2) is 60.9 Å². The molecule has 1 atom stereocenters. The number of methoxy groups -OCH3 is 2. The Morgan fingerprint density at radius 1 is 0.956 bits per heavy atom. The van der Waals surface area contributed by atoms with Gasteiger partial charge in [-0.25, -0.2) is 0 Å². The van der Waals surface area contributed by atoms with E-state index in [1.54, 1.807) is 85.2 Å². The largest absolute Gasteiger partial charge is 0.493 e. The van der Waals surface area contributed by atoms with E-state index >= 15 is 0 Å². The summed E-state index contributed by atoms with van der Waals surface area (Å²) in [5.74, 6) is -0.872. The number of ether oxygens (including phenoxy) is 4. The number of hydrogen-bond acceptors (Lipinski definition) is 9. The molecule has 1 N–H and O–H groups in total. The predicted octanol–water partition coefficient (Wildman–Crippen LogP) is 3.77. The van der Waals surface area contributed by atoms with Gasteiger partial charge in [-0.15, -0.1) is 0 Å². The molecular weight excluding hydrogens is 580 g/mol. The summed E-state index contributed by atoms with van der Waals surface area (Å²) >= 11 is 0. The van der Waals surface area contributed by atoms with Gasteiger partial charge in [-0.2, -0.15) is 0 Å². The number of hydrogen-bond donors (Lipinski definition) is 1. The number of carbonyl (C=O) groups excluding carboxylic acids is 4. The Labute approximate surface area is 258 Å². The Balaban J connectivity index is 1.41. The average Bonchev–Trinajstić information content (AvgIpc) is 3.63. The van der Waals surface area contributed by atoms with Crippen LogP contribution < -0.4 is 29.2 Å². The molecule has 2 aliphatic heterocycles. The van der Waals surface area contributed by atoms with Crippen LogP contribution in [-0.2, 0) is 20.9 Å². The highest BCUT2D eigenvalue weighted by molar-refractivity contribution is 6.52. The minimum atomic E-state index is -1.23. The van der Waals surface area contributed by atoms with Crippen LogP contribution in [0.2, 0.25) is 0 Å². The van der Waals surface area contributed by atoms with E-state index in [-0.39, 0.29) is 18.9 Å². The summed E-state index contributed by atoms with van der Waals surface area (Å²) in [6, 6.07) is 18.6. The highest BCUT2D eigenvalue weighted by Gasteiger charge is 2.39. The minimum Gasteiger partial charge on any atom is -0.493 e. The minimum absolute atomic E-state index is 0.0438. The standard InChI is InChI=1S/C33H28N4O8/c1-42-25-11-9-21(14-27(25)43-2)30(32(40)35-22-10-12-26-28(15-22)45-19-44-26)37(17-20-6-5-13-34-16-20)29(38)18-36-24-8-4-3-7-23(24)31(39)33(36)41/h3-16,30H,17-19H2,1-2H3,(H,35,40)/t30-/m0/s1. The second kappa shape index (κ2) is 12.4. The van der Waals surface area contributed by atoms with Crippen LogP contribution in [0.1, 0.15) is 27.5 Å². The first kappa shape index (κ1) is 29.2. The Hall–Kier alpha value is -5.91. The van der Waals surface area contributed by atoms with Crippen LogP contribution in [0.15, 0.2) is 85.2 Å². The lowest BCUT2D eigenvalue weighted by Crippen LogP contribution is -2.46. The first-order valence-corrected chi connectivity index (χ1v) is 13.9. The van der Waals surface area contributed by atoms with Gasteiger partial charge in [-0.05, 0) is 53.6 Å². The smallest absolute Gasteiger partial charge is 0.299 e. The Morgan fingerprint density at radius 2 is 1.76 bits per heavy atom. The molecule has 3 aromatic carbocycles. The lowest BCUT2D eigenvalue weighted by atomic mass is 10.0. The topological polar surface area (TPSA) is 137 Å². The van der Waals surface area contributed by atoms with E-state index in [9.17, 15) is 19.2 Å². The lowest BCUT2D eigenvalue weighted by Gasteiger charge is -2.33. The SMILES string of the molecule is COc1ccc([C@@H](C(=O)Nc2ccc3c(c2)OCO3)N(Cc2cccnc2)C(=O)CN2C(=O)C(=O)c3ccccc32)cc1OC. The molecular formula is C33H28N4O8. The number of amides is 3. The third kappa shape index (κ3) is 5.73. The molecule has 1 aromatic heterocycles. The fourth-order valence-electron chi connectivity index (χ4n) is 5.32. The number of rotatable bonds is 10. The molecule has 12 nitrogen and oxygen atoms in total. The van der Waals surface area contributed by atoms with Gasteiger partial charge >= 0.3 is 0 Å². The summed E-state index contributed by atoms with van der Waals surface area (Å²) < 4.78 is 21.8. The molecule has 0 radical (unpaired) electrons. The van der Waals surface area contributed by atoms with Gasteiger partial charge in [0, 0.05) is 30.7 Å². The summed E-state index contributed by atoms with van der Waals surface area (Å²) in [6.07, 6.45) is 3.18. The molecule has 0 saturated heterocycles. The van der Waals surface area contributed by atoms with E-state index in [1.165, 1.54) is 19.1 Å². The quantitative estimate of drug-likeness (QED) is 0.267. The zero-order valence-corrected chi connectivity index (χ0v) is 24.4. The average molecular weight is 609 g/mol. The number of benzene rings is 3. The number of nitrogens with one attached hydrogen (secondary N) is 1. The van der Waals surface area contributed by atoms with E-state index in [1.807, 2.05) is 0 Å².